The maximum Gasteiger partial charge on any atom is 0.169 e. The molecule has 2 aromatic rings. The normalized spacial score (nSPS) is 16.0. The molecule has 1 unspecified atom stereocenters. The molecule has 4 nitrogen and oxygen atoms in total. The maximum absolute atomic E-state index is 12.8. The fraction of sp³-hybridized carbons (Fsp3) is 0.364. The number of carbonyl (C=O) groups excluding carboxylic acids is 1. The highest BCUT2D eigenvalue weighted by Gasteiger charge is 2.22. The second-order valence-corrected chi connectivity index (χ2v) is 7.21. The summed E-state index contributed by atoms with van der Waals surface area (Å²) in [6.07, 6.45) is 0.378. The minimum absolute atomic E-state index is 0.121. The Balaban J connectivity index is 1.69. The van der Waals surface area contributed by atoms with Gasteiger partial charge in [0.05, 0.1) is 6.04 Å². The molecule has 1 fully saturated rings. The van der Waals surface area contributed by atoms with E-state index in [1.807, 2.05) is 60.7 Å². The van der Waals surface area contributed by atoms with Gasteiger partial charge in [0, 0.05) is 38.2 Å². The lowest BCUT2D eigenvalue weighted by Gasteiger charge is -2.36. The lowest BCUT2D eigenvalue weighted by atomic mass is 9.98. The molecule has 1 aliphatic heterocycles. The van der Waals surface area contributed by atoms with E-state index in [4.69, 9.17) is 12.2 Å². The summed E-state index contributed by atoms with van der Waals surface area (Å²) in [5.41, 5.74) is 1.82. The van der Waals surface area contributed by atoms with E-state index in [0.29, 0.717) is 6.42 Å². The number of hydrogen-bond acceptors (Lipinski definition) is 3. The number of ketones is 1. The van der Waals surface area contributed by atoms with Gasteiger partial charge in [-0.1, -0.05) is 67.6 Å². The average Bonchev–Trinajstić information content (AvgIpc) is 2.74. The van der Waals surface area contributed by atoms with Crippen LogP contribution in [0.1, 0.15) is 35.3 Å². The molecular formula is C22H27N3OS. The van der Waals surface area contributed by atoms with Crippen molar-refractivity contribution in [2.75, 3.05) is 32.7 Å². The van der Waals surface area contributed by atoms with Crippen LogP contribution in [0, 0.1) is 0 Å². The van der Waals surface area contributed by atoms with Crippen LogP contribution in [-0.2, 0) is 0 Å². The van der Waals surface area contributed by atoms with E-state index in [1.54, 1.807) is 0 Å². The third-order valence-corrected chi connectivity index (χ3v) is 5.47. The SMILES string of the molecule is CCN1CCN(C(=S)NC(CC(=O)c2ccccc2)c2ccccc2)CC1. The Bertz CT molecular complexity index is 743. The minimum Gasteiger partial charge on any atom is -0.355 e. The van der Waals surface area contributed by atoms with Crippen LogP contribution >= 0.6 is 12.2 Å². The van der Waals surface area contributed by atoms with E-state index in [2.05, 4.69) is 22.0 Å². The predicted molar refractivity (Wildman–Crippen MR) is 114 cm³/mol. The highest BCUT2D eigenvalue weighted by Crippen LogP contribution is 2.20. The molecule has 0 radical (unpaired) electrons. The van der Waals surface area contributed by atoms with E-state index in [1.165, 1.54) is 0 Å². The summed E-state index contributed by atoms with van der Waals surface area (Å²) in [6, 6.07) is 19.4. The molecule has 0 aromatic heterocycles. The van der Waals surface area contributed by atoms with Gasteiger partial charge in [0.15, 0.2) is 10.9 Å². The van der Waals surface area contributed by atoms with E-state index < -0.39 is 0 Å². The molecule has 5 heteroatoms. The number of carbonyl (C=O) groups is 1. The number of likely N-dealkylation sites (N-methyl/N-ethyl adjacent to an activating group) is 1. The second kappa shape index (κ2) is 9.62. The van der Waals surface area contributed by atoms with Crippen LogP contribution in [0.25, 0.3) is 0 Å². The summed E-state index contributed by atoms with van der Waals surface area (Å²) in [5, 5.41) is 4.19. The van der Waals surface area contributed by atoms with Crippen LogP contribution in [0.4, 0.5) is 0 Å². The van der Waals surface area contributed by atoms with Crippen molar-refractivity contribution >= 4 is 23.1 Å². The summed E-state index contributed by atoms with van der Waals surface area (Å²) < 4.78 is 0. The first-order chi connectivity index (χ1) is 13.2. The van der Waals surface area contributed by atoms with E-state index in [0.717, 1.165) is 49.0 Å². The van der Waals surface area contributed by atoms with Gasteiger partial charge in [-0.25, -0.2) is 0 Å². The van der Waals surface area contributed by atoms with Gasteiger partial charge in [-0.3, -0.25) is 4.79 Å². The van der Waals surface area contributed by atoms with Crippen molar-refractivity contribution in [2.24, 2.45) is 0 Å². The molecule has 2 aromatic carbocycles. The number of benzene rings is 2. The van der Waals surface area contributed by atoms with Crippen molar-refractivity contribution in [1.82, 2.24) is 15.1 Å². The van der Waals surface area contributed by atoms with Gasteiger partial charge in [-0.2, -0.15) is 0 Å². The molecule has 0 amide bonds. The summed E-state index contributed by atoms with van der Waals surface area (Å²) in [6.45, 7) is 7.16. The number of hydrogen-bond donors (Lipinski definition) is 1. The Morgan fingerprint density at radius 3 is 2.19 bits per heavy atom. The van der Waals surface area contributed by atoms with Gasteiger partial charge in [0.1, 0.15) is 0 Å². The van der Waals surface area contributed by atoms with E-state index >= 15 is 0 Å². The Kier molecular flexibility index (Phi) is 6.96. The Morgan fingerprint density at radius 2 is 1.59 bits per heavy atom. The molecule has 1 N–H and O–H groups in total. The van der Waals surface area contributed by atoms with Gasteiger partial charge in [0.25, 0.3) is 0 Å². The Labute approximate surface area is 167 Å². The summed E-state index contributed by atoms with van der Waals surface area (Å²) >= 11 is 5.68. The van der Waals surface area contributed by atoms with Crippen molar-refractivity contribution in [3.8, 4) is 0 Å². The zero-order chi connectivity index (χ0) is 19.1. The van der Waals surface area contributed by atoms with Crippen molar-refractivity contribution in [3.63, 3.8) is 0 Å². The Hall–Kier alpha value is -2.24. The lowest BCUT2D eigenvalue weighted by Crippen LogP contribution is -2.52. The van der Waals surface area contributed by atoms with E-state index in [9.17, 15) is 4.79 Å². The first kappa shape index (κ1) is 19.5. The van der Waals surface area contributed by atoms with E-state index in [-0.39, 0.29) is 11.8 Å². The first-order valence-electron chi connectivity index (χ1n) is 9.58. The summed E-state index contributed by atoms with van der Waals surface area (Å²) in [5.74, 6) is 0.121. The van der Waals surface area contributed by atoms with Gasteiger partial charge >= 0.3 is 0 Å². The number of nitrogens with zero attached hydrogens (tertiary/aromatic N) is 2. The number of rotatable bonds is 6. The predicted octanol–water partition coefficient (Wildman–Crippen LogP) is 3.51. The molecule has 1 atom stereocenters. The maximum atomic E-state index is 12.8. The Morgan fingerprint density at radius 1 is 1.00 bits per heavy atom. The van der Waals surface area contributed by atoms with Crippen LogP contribution in [-0.4, -0.2) is 53.4 Å². The quantitative estimate of drug-likeness (QED) is 0.612. The average molecular weight is 382 g/mol. The minimum atomic E-state index is -0.129. The third-order valence-electron chi connectivity index (χ3n) is 5.09. The van der Waals surface area contributed by atoms with Crippen molar-refractivity contribution < 1.29 is 4.79 Å². The molecule has 3 rings (SSSR count). The fourth-order valence-electron chi connectivity index (χ4n) is 3.37. The molecule has 0 spiro atoms. The van der Waals surface area contributed by atoms with Gasteiger partial charge in [-0.05, 0) is 24.3 Å². The topological polar surface area (TPSA) is 35.6 Å². The smallest absolute Gasteiger partial charge is 0.169 e. The zero-order valence-electron chi connectivity index (χ0n) is 15.8. The molecule has 142 valence electrons. The molecule has 0 aliphatic carbocycles. The van der Waals surface area contributed by atoms with Crippen LogP contribution in [0.2, 0.25) is 0 Å². The van der Waals surface area contributed by atoms with Crippen molar-refractivity contribution in [1.29, 1.82) is 0 Å². The highest BCUT2D eigenvalue weighted by molar-refractivity contribution is 7.80. The van der Waals surface area contributed by atoms with Crippen molar-refractivity contribution in [3.05, 3.63) is 71.8 Å². The molecule has 1 heterocycles. The number of thiocarbonyl (C=S) groups is 1. The van der Waals surface area contributed by atoms with Crippen molar-refractivity contribution in [2.45, 2.75) is 19.4 Å². The molecular weight excluding hydrogens is 354 g/mol. The molecule has 27 heavy (non-hydrogen) atoms. The monoisotopic (exact) mass is 381 g/mol. The molecule has 1 aliphatic rings. The highest BCUT2D eigenvalue weighted by atomic mass is 32.1. The fourth-order valence-corrected chi connectivity index (χ4v) is 3.70. The van der Waals surface area contributed by atoms with Crippen LogP contribution < -0.4 is 5.32 Å². The number of Topliss-reactive ketones (excluding diaryl/α,β-unsaturated/α-hetero) is 1. The lowest BCUT2D eigenvalue weighted by molar-refractivity contribution is 0.0971. The largest absolute Gasteiger partial charge is 0.355 e. The first-order valence-corrected chi connectivity index (χ1v) is 9.99. The summed E-state index contributed by atoms with van der Waals surface area (Å²) in [4.78, 5) is 17.4. The molecule has 1 saturated heterocycles. The summed E-state index contributed by atoms with van der Waals surface area (Å²) in [7, 11) is 0. The van der Waals surface area contributed by atoms with Crippen LogP contribution in [0.5, 0.6) is 0 Å². The van der Waals surface area contributed by atoms with Crippen LogP contribution in [0.15, 0.2) is 60.7 Å². The van der Waals surface area contributed by atoms with Gasteiger partial charge < -0.3 is 15.1 Å². The third kappa shape index (κ3) is 5.37. The zero-order valence-corrected chi connectivity index (χ0v) is 16.6. The second-order valence-electron chi connectivity index (χ2n) is 6.83. The molecule has 0 saturated carbocycles. The standard InChI is InChI=1S/C22H27N3OS/c1-2-24-13-15-25(16-14-24)22(27)23-20(18-9-5-3-6-10-18)17-21(26)19-11-7-4-8-12-19/h3-12,20H,2,13-17H2,1H3,(H,23,27). The van der Waals surface area contributed by atoms with Gasteiger partial charge in [-0.15, -0.1) is 0 Å². The van der Waals surface area contributed by atoms with Crippen LogP contribution in [0.3, 0.4) is 0 Å². The van der Waals surface area contributed by atoms with Gasteiger partial charge in [0.2, 0.25) is 0 Å². The number of nitrogens with one attached hydrogen (secondary N) is 1. The number of piperazine rings is 1. The molecule has 0 bridgehead atoms.